The van der Waals surface area contributed by atoms with E-state index in [0.29, 0.717) is 43.1 Å². The molecular formula is C24H21FN2O5. The molecule has 1 aliphatic heterocycles. The number of benzene rings is 2. The van der Waals surface area contributed by atoms with E-state index >= 15 is 0 Å². The van der Waals surface area contributed by atoms with E-state index < -0.39 is 11.8 Å². The molecule has 2 heterocycles. The summed E-state index contributed by atoms with van der Waals surface area (Å²) in [5.74, 6) is -0.404. The van der Waals surface area contributed by atoms with Gasteiger partial charge in [0.15, 0.2) is 0 Å². The lowest BCUT2D eigenvalue weighted by atomic mass is 10.1. The van der Waals surface area contributed by atoms with Crippen molar-refractivity contribution in [3.05, 3.63) is 89.1 Å². The molecule has 0 aliphatic carbocycles. The van der Waals surface area contributed by atoms with Gasteiger partial charge in [0.25, 0.3) is 17.7 Å². The zero-order chi connectivity index (χ0) is 22.5. The summed E-state index contributed by atoms with van der Waals surface area (Å²) in [5, 5.41) is 2.80. The molecule has 0 spiro atoms. The van der Waals surface area contributed by atoms with Crippen LogP contribution in [0.15, 0.2) is 65.3 Å². The van der Waals surface area contributed by atoms with Crippen LogP contribution in [0.2, 0.25) is 0 Å². The molecule has 3 aromatic rings. The molecule has 0 atom stereocenters. The Bertz CT molecular complexity index is 1130. The number of hydrogen-bond acceptors (Lipinski definition) is 5. The van der Waals surface area contributed by atoms with Gasteiger partial charge in [0, 0.05) is 12.1 Å². The summed E-state index contributed by atoms with van der Waals surface area (Å²) < 4.78 is 23.6. The van der Waals surface area contributed by atoms with Crippen molar-refractivity contribution in [1.29, 1.82) is 0 Å². The van der Waals surface area contributed by atoms with Crippen molar-refractivity contribution in [3.63, 3.8) is 0 Å². The van der Waals surface area contributed by atoms with Crippen LogP contribution >= 0.6 is 0 Å². The molecular weight excluding hydrogens is 415 g/mol. The van der Waals surface area contributed by atoms with Crippen LogP contribution in [0.25, 0.3) is 0 Å². The third-order valence-electron chi connectivity index (χ3n) is 5.07. The topological polar surface area (TPSA) is 88.8 Å². The number of furan rings is 1. The number of amides is 3. The van der Waals surface area contributed by atoms with Gasteiger partial charge in [-0.15, -0.1) is 0 Å². The fraction of sp³-hybridized carbons (Fsp3) is 0.208. The van der Waals surface area contributed by atoms with Gasteiger partial charge in [-0.1, -0.05) is 0 Å². The van der Waals surface area contributed by atoms with E-state index in [1.807, 2.05) is 0 Å². The molecule has 164 valence electrons. The van der Waals surface area contributed by atoms with Crippen molar-refractivity contribution in [1.82, 2.24) is 10.2 Å². The molecule has 0 saturated heterocycles. The van der Waals surface area contributed by atoms with Crippen LogP contribution in [0, 0.1) is 5.82 Å². The highest BCUT2D eigenvalue weighted by molar-refractivity contribution is 6.22. The van der Waals surface area contributed by atoms with Crippen molar-refractivity contribution in [3.8, 4) is 5.75 Å². The van der Waals surface area contributed by atoms with E-state index in [0.717, 1.165) is 4.90 Å². The van der Waals surface area contributed by atoms with Gasteiger partial charge in [0.2, 0.25) is 0 Å². The Balaban J connectivity index is 1.26. The molecule has 1 aromatic heterocycles. The van der Waals surface area contributed by atoms with Crippen LogP contribution in [0.4, 0.5) is 4.39 Å². The summed E-state index contributed by atoms with van der Waals surface area (Å²) in [4.78, 5) is 38.8. The molecule has 0 bridgehead atoms. The maximum Gasteiger partial charge on any atom is 0.261 e. The number of hydrogen-bond donors (Lipinski definition) is 1. The van der Waals surface area contributed by atoms with Gasteiger partial charge in [-0.3, -0.25) is 19.3 Å². The Labute approximate surface area is 183 Å². The Morgan fingerprint density at radius 3 is 2.53 bits per heavy atom. The second-order valence-electron chi connectivity index (χ2n) is 7.30. The smallest absolute Gasteiger partial charge is 0.261 e. The zero-order valence-electron chi connectivity index (χ0n) is 17.2. The van der Waals surface area contributed by atoms with Crippen molar-refractivity contribution >= 4 is 17.7 Å². The Morgan fingerprint density at radius 2 is 1.78 bits per heavy atom. The summed E-state index contributed by atoms with van der Waals surface area (Å²) in [7, 11) is 0. The largest absolute Gasteiger partial charge is 0.494 e. The molecule has 0 saturated carbocycles. The van der Waals surface area contributed by atoms with E-state index in [2.05, 4.69) is 5.32 Å². The fourth-order valence-electron chi connectivity index (χ4n) is 3.39. The summed E-state index contributed by atoms with van der Waals surface area (Å²) in [6.07, 6.45) is 2.87. The van der Waals surface area contributed by atoms with Crippen LogP contribution < -0.4 is 10.1 Å². The number of nitrogens with one attached hydrogen (secondary N) is 1. The molecule has 0 unspecified atom stereocenters. The minimum absolute atomic E-state index is 0.0425. The van der Waals surface area contributed by atoms with Gasteiger partial charge in [-0.05, 0) is 67.4 Å². The second kappa shape index (κ2) is 9.47. The molecule has 0 fully saturated rings. The number of rotatable bonds is 9. The molecule has 2 aromatic carbocycles. The van der Waals surface area contributed by atoms with Gasteiger partial charge in [0.05, 0.1) is 30.5 Å². The monoisotopic (exact) mass is 436 g/mol. The van der Waals surface area contributed by atoms with Crippen LogP contribution in [0.3, 0.4) is 0 Å². The lowest BCUT2D eigenvalue weighted by molar-refractivity contribution is 0.0631. The highest BCUT2D eigenvalue weighted by Crippen LogP contribution is 2.25. The van der Waals surface area contributed by atoms with E-state index in [-0.39, 0.29) is 29.4 Å². The lowest BCUT2D eigenvalue weighted by Gasteiger charge is -2.11. The van der Waals surface area contributed by atoms with Gasteiger partial charge in [-0.25, -0.2) is 4.39 Å². The molecule has 0 radical (unpaired) electrons. The van der Waals surface area contributed by atoms with Crippen molar-refractivity contribution < 1.29 is 27.9 Å². The normalized spacial score (nSPS) is 12.7. The quantitative estimate of drug-likeness (QED) is 0.407. The van der Waals surface area contributed by atoms with Crippen LogP contribution in [0.5, 0.6) is 5.75 Å². The molecule has 32 heavy (non-hydrogen) atoms. The average Bonchev–Trinajstić information content (AvgIpc) is 3.40. The summed E-state index contributed by atoms with van der Waals surface area (Å²) in [6.45, 7) is 0.920. The highest BCUT2D eigenvalue weighted by Gasteiger charge is 2.36. The number of nitrogens with zero attached hydrogens (tertiary/aromatic N) is 1. The summed E-state index contributed by atoms with van der Waals surface area (Å²) in [5.41, 5.74) is 0.797. The minimum Gasteiger partial charge on any atom is -0.494 e. The fourth-order valence-corrected chi connectivity index (χ4v) is 3.39. The second-order valence-corrected chi connectivity index (χ2v) is 7.30. The first kappa shape index (κ1) is 21.3. The number of carbonyl (C=O) groups is 3. The van der Waals surface area contributed by atoms with E-state index in [4.69, 9.17) is 9.15 Å². The van der Waals surface area contributed by atoms with Crippen molar-refractivity contribution in [2.24, 2.45) is 0 Å². The molecule has 1 N–H and O–H groups in total. The summed E-state index contributed by atoms with van der Waals surface area (Å²) in [6, 6.07) is 13.7. The molecule has 4 rings (SSSR count). The molecule has 7 nitrogen and oxygen atoms in total. The SMILES string of the molecule is O=C(NCCCCOc1ccc(F)cc1)c1ccc2c(c1)C(=O)N(Cc1ccco1)C2=O. The van der Waals surface area contributed by atoms with Gasteiger partial charge < -0.3 is 14.5 Å². The number of unbranched alkanes of at least 4 members (excludes halogenated alkanes) is 1. The van der Waals surface area contributed by atoms with Crippen molar-refractivity contribution in [2.75, 3.05) is 13.2 Å². The third kappa shape index (κ3) is 4.69. The van der Waals surface area contributed by atoms with Gasteiger partial charge >= 0.3 is 0 Å². The average molecular weight is 436 g/mol. The number of fused-ring (bicyclic) bond motifs is 1. The molecule has 3 amide bonds. The maximum absolute atomic E-state index is 12.9. The Hall–Kier alpha value is -3.94. The van der Waals surface area contributed by atoms with E-state index in [1.54, 1.807) is 24.3 Å². The number of imide groups is 1. The Kier molecular flexibility index (Phi) is 6.30. The molecule has 8 heteroatoms. The van der Waals surface area contributed by atoms with Crippen LogP contribution in [-0.2, 0) is 6.54 Å². The maximum atomic E-state index is 12.9. The predicted molar refractivity (Wildman–Crippen MR) is 113 cm³/mol. The third-order valence-corrected chi connectivity index (χ3v) is 5.07. The first-order valence-electron chi connectivity index (χ1n) is 10.2. The first-order chi connectivity index (χ1) is 15.5. The van der Waals surface area contributed by atoms with Crippen LogP contribution in [0.1, 0.15) is 49.7 Å². The number of halogens is 1. The standard InChI is InChI=1S/C24H21FN2O5/c25-17-6-8-18(9-7-17)31-12-2-1-11-26-22(28)16-5-10-20-21(14-16)24(30)27(23(20)29)15-19-4-3-13-32-19/h3-10,13-14H,1-2,11-12,15H2,(H,26,28). The minimum atomic E-state index is -0.450. The van der Waals surface area contributed by atoms with Gasteiger partial charge in [0.1, 0.15) is 17.3 Å². The van der Waals surface area contributed by atoms with E-state index in [1.165, 1.54) is 36.6 Å². The van der Waals surface area contributed by atoms with Gasteiger partial charge in [-0.2, -0.15) is 0 Å². The van der Waals surface area contributed by atoms with E-state index in [9.17, 15) is 18.8 Å². The van der Waals surface area contributed by atoms with Crippen molar-refractivity contribution in [2.45, 2.75) is 19.4 Å². The number of ether oxygens (including phenoxy) is 1. The Morgan fingerprint density at radius 1 is 1.00 bits per heavy atom. The van der Waals surface area contributed by atoms with Crippen LogP contribution in [-0.4, -0.2) is 35.8 Å². The first-order valence-corrected chi connectivity index (χ1v) is 10.2. The predicted octanol–water partition coefficient (Wildman–Crippen LogP) is 3.80. The lowest BCUT2D eigenvalue weighted by Crippen LogP contribution is -2.28. The number of carbonyl (C=O) groups excluding carboxylic acids is 3. The highest BCUT2D eigenvalue weighted by atomic mass is 19.1. The molecule has 1 aliphatic rings. The summed E-state index contributed by atoms with van der Waals surface area (Å²) >= 11 is 0. The zero-order valence-corrected chi connectivity index (χ0v) is 17.2.